The molecule has 0 aliphatic heterocycles. The molecule has 0 radical (unpaired) electrons. The molecule has 3 rings (SSSR count). The largest absolute Gasteiger partial charge is 0.491 e. The van der Waals surface area contributed by atoms with Crippen molar-refractivity contribution in [1.29, 1.82) is 0 Å². The van der Waals surface area contributed by atoms with E-state index in [1.54, 1.807) is 6.92 Å². The summed E-state index contributed by atoms with van der Waals surface area (Å²) in [4.78, 5) is 0. The highest BCUT2D eigenvalue weighted by molar-refractivity contribution is 5.37. The number of benzene rings is 1. The number of fused-ring (bicyclic) bond motifs is 2. The molecule has 2 fully saturated rings. The molecule has 0 saturated heterocycles. The zero-order chi connectivity index (χ0) is 12.5. The average Bonchev–Trinajstić information content (AvgIpc) is 2.99. The third-order valence-electron chi connectivity index (χ3n) is 4.54. The molecule has 98 valence electrons. The zero-order valence-corrected chi connectivity index (χ0v) is 11.0. The summed E-state index contributed by atoms with van der Waals surface area (Å²) in [5, 5.41) is 9.35. The maximum atomic E-state index is 9.35. The summed E-state index contributed by atoms with van der Waals surface area (Å²) in [6, 6.07) is 8.39. The molecule has 2 aliphatic rings. The van der Waals surface area contributed by atoms with E-state index in [9.17, 15) is 5.11 Å². The van der Waals surface area contributed by atoms with Gasteiger partial charge >= 0.3 is 0 Å². The van der Waals surface area contributed by atoms with Crippen LogP contribution in [-0.4, -0.2) is 17.8 Å². The molecule has 4 unspecified atom stereocenters. The maximum Gasteiger partial charge on any atom is 0.122 e. The molecule has 2 nitrogen and oxygen atoms in total. The van der Waals surface area contributed by atoms with Crippen molar-refractivity contribution in [1.82, 2.24) is 0 Å². The average molecular weight is 246 g/mol. The van der Waals surface area contributed by atoms with Gasteiger partial charge in [0.05, 0.1) is 6.10 Å². The van der Waals surface area contributed by atoms with Crippen molar-refractivity contribution >= 4 is 0 Å². The summed E-state index contributed by atoms with van der Waals surface area (Å²) in [7, 11) is 0. The van der Waals surface area contributed by atoms with E-state index in [4.69, 9.17) is 4.74 Å². The first-order chi connectivity index (χ1) is 8.74. The predicted molar refractivity (Wildman–Crippen MR) is 71.8 cm³/mol. The van der Waals surface area contributed by atoms with Crippen LogP contribution in [0, 0.1) is 11.8 Å². The van der Waals surface area contributed by atoms with Crippen molar-refractivity contribution < 1.29 is 9.84 Å². The number of hydrogen-bond acceptors (Lipinski definition) is 2. The molecule has 1 aromatic rings. The molecule has 0 amide bonds. The van der Waals surface area contributed by atoms with Crippen LogP contribution < -0.4 is 4.74 Å². The van der Waals surface area contributed by atoms with Gasteiger partial charge in [0.15, 0.2) is 0 Å². The van der Waals surface area contributed by atoms with E-state index in [1.165, 1.54) is 31.2 Å². The van der Waals surface area contributed by atoms with Gasteiger partial charge in [-0.1, -0.05) is 24.6 Å². The molecule has 0 spiro atoms. The highest BCUT2D eigenvalue weighted by Crippen LogP contribution is 2.54. The van der Waals surface area contributed by atoms with Crippen molar-refractivity contribution in [3.63, 3.8) is 0 Å². The van der Waals surface area contributed by atoms with E-state index in [1.807, 2.05) is 12.1 Å². The molecule has 2 aliphatic carbocycles. The van der Waals surface area contributed by atoms with Crippen molar-refractivity contribution in [3.8, 4) is 5.75 Å². The van der Waals surface area contributed by atoms with Gasteiger partial charge in [-0.2, -0.15) is 0 Å². The van der Waals surface area contributed by atoms with Crippen LogP contribution in [0.15, 0.2) is 24.3 Å². The highest BCUT2D eigenvalue weighted by Gasteiger charge is 2.41. The molecular formula is C16H22O2. The van der Waals surface area contributed by atoms with Crippen LogP contribution in [0.1, 0.15) is 44.1 Å². The van der Waals surface area contributed by atoms with Gasteiger partial charge in [0.25, 0.3) is 0 Å². The lowest BCUT2D eigenvalue weighted by atomic mass is 9.83. The van der Waals surface area contributed by atoms with Crippen molar-refractivity contribution in [2.75, 3.05) is 6.61 Å². The van der Waals surface area contributed by atoms with Gasteiger partial charge in [-0.3, -0.25) is 0 Å². The van der Waals surface area contributed by atoms with E-state index in [0.29, 0.717) is 12.5 Å². The lowest BCUT2D eigenvalue weighted by Gasteiger charge is -2.24. The van der Waals surface area contributed by atoms with Gasteiger partial charge in [0, 0.05) is 0 Å². The Hall–Kier alpha value is -1.02. The Labute approximate surface area is 109 Å². The summed E-state index contributed by atoms with van der Waals surface area (Å²) >= 11 is 0. The summed E-state index contributed by atoms with van der Waals surface area (Å²) in [6.07, 6.45) is 5.16. The van der Waals surface area contributed by atoms with E-state index < -0.39 is 6.10 Å². The van der Waals surface area contributed by atoms with Crippen molar-refractivity contribution in [2.24, 2.45) is 11.8 Å². The zero-order valence-electron chi connectivity index (χ0n) is 11.0. The molecule has 1 N–H and O–H groups in total. The number of aliphatic hydroxyl groups excluding tert-OH is 1. The van der Waals surface area contributed by atoms with Crippen LogP contribution in [0.2, 0.25) is 0 Å². The molecule has 0 heterocycles. The summed E-state index contributed by atoms with van der Waals surface area (Å²) in [6.45, 7) is 2.15. The number of para-hydroxylation sites is 1. The minimum absolute atomic E-state index is 0.387. The van der Waals surface area contributed by atoms with Crippen LogP contribution in [0.5, 0.6) is 5.75 Å². The van der Waals surface area contributed by atoms with Crippen molar-refractivity contribution in [2.45, 2.75) is 44.6 Å². The van der Waals surface area contributed by atoms with Gasteiger partial charge in [0.1, 0.15) is 12.4 Å². The fourth-order valence-electron chi connectivity index (χ4n) is 3.75. The second-order valence-corrected chi connectivity index (χ2v) is 5.98. The Balaban J connectivity index is 1.79. The summed E-state index contributed by atoms with van der Waals surface area (Å²) in [5.41, 5.74) is 1.37. The van der Waals surface area contributed by atoms with Crippen LogP contribution >= 0.6 is 0 Å². The van der Waals surface area contributed by atoms with Gasteiger partial charge in [-0.05, 0) is 55.6 Å². The Morgan fingerprint density at radius 3 is 2.78 bits per heavy atom. The van der Waals surface area contributed by atoms with E-state index in [-0.39, 0.29) is 0 Å². The first kappa shape index (κ1) is 12.0. The molecule has 2 bridgehead atoms. The molecule has 1 aromatic carbocycles. The Morgan fingerprint density at radius 1 is 1.28 bits per heavy atom. The molecule has 4 atom stereocenters. The molecule has 0 aromatic heterocycles. The molecule has 2 saturated carbocycles. The number of rotatable bonds is 4. The quantitative estimate of drug-likeness (QED) is 0.882. The fraction of sp³-hybridized carbons (Fsp3) is 0.625. The molecular weight excluding hydrogens is 224 g/mol. The van der Waals surface area contributed by atoms with E-state index in [2.05, 4.69) is 12.1 Å². The first-order valence-corrected chi connectivity index (χ1v) is 7.14. The van der Waals surface area contributed by atoms with E-state index >= 15 is 0 Å². The third-order valence-corrected chi connectivity index (χ3v) is 4.54. The van der Waals surface area contributed by atoms with Gasteiger partial charge < -0.3 is 9.84 Å². The third kappa shape index (κ3) is 2.26. The minimum atomic E-state index is -0.405. The topological polar surface area (TPSA) is 29.5 Å². The van der Waals surface area contributed by atoms with Crippen LogP contribution in [0.25, 0.3) is 0 Å². The van der Waals surface area contributed by atoms with Gasteiger partial charge in [0.2, 0.25) is 0 Å². The highest BCUT2D eigenvalue weighted by atomic mass is 16.5. The van der Waals surface area contributed by atoms with Crippen molar-refractivity contribution in [3.05, 3.63) is 29.8 Å². The Morgan fingerprint density at radius 2 is 2.11 bits per heavy atom. The minimum Gasteiger partial charge on any atom is -0.491 e. The lowest BCUT2D eigenvalue weighted by molar-refractivity contribution is 0.121. The van der Waals surface area contributed by atoms with Gasteiger partial charge in [-0.25, -0.2) is 0 Å². The molecule has 18 heavy (non-hydrogen) atoms. The SMILES string of the molecule is CC(O)COc1ccccc1C1CC2CCC1C2. The van der Waals surface area contributed by atoms with Crippen LogP contribution in [-0.2, 0) is 0 Å². The smallest absolute Gasteiger partial charge is 0.122 e. The Bertz CT molecular complexity index is 413. The summed E-state index contributed by atoms with van der Waals surface area (Å²) in [5.74, 6) is 3.49. The fourth-order valence-corrected chi connectivity index (χ4v) is 3.75. The predicted octanol–water partition coefficient (Wildman–Crippen LogP) is 3.35. The second-order valence-electron chi connectivity index (χ2n) is 5.98. The van der Waals surface area contributed by atoms with Crippen LogP contribution in [0.4, 0.5) is 0 Å². The number of aliphatic hydroxyl groups is 1. The number of ether oxygens (including phenoxy) is 1. The van der Waals surface area contributed by atoms with Gasteiger partial charge in [-0.15, -0.1) is 0 Å². The summed E-state index contributed by atoms with van der Waals surface area (Å²) < 4.78 is 5.77. The normalized spacial score (nSPS) is 31.6. The molecule has 2 heteroatoms. The standard InChI is InChI=1S/C16H22O2/c1-11(17)10-18-16-5-3-2-4-14(16)15-9-12-6-7-13(15)8-12/h2-5,11-13,15,17H,6-10H2,1H3. The lowest BCUT2D eigenvalue weighted by Crippen LogP contribution is -2.15. The first-order valence-electron chi connectivity index (χ1n) is 7.14. The van der Waals surface area contributed by atoms with Crippen LogP contribution in [0.3, 0.4) is 0 Å². The second kappa shape index (κ2) is 4.93. The van der Waals surface area contributed by atoms with E-state index in [0.717, 1.165) is 17.6 Å². The maximum absolute atomic E-state index is 9.35. The monoisotopic (exact) mass is 246 g/mol. The Kier molecular flexibility index (Phi) is 3.29. The number of hydrogen-bond donors (Lipinski definition) is 1.